The van der Waals surface area contributed by atoms with Gasteiger partial charge in [-0.25, -0.2) is 0 Å². The molecule has 1 amide bonds. The van der Waals surface area contributed by atoms with Crippen molar-refractivity contribution in [3.05, 3.63) is 40.9 Å². The van der Waals surface area contributed by atoms with Crippen LogP contribution in [0, 0.1) is 23.7 Å². The molecule has 0 aliphatic heterocycles. The minimum atomic E-state index is -0.878. The highest BCUT2D eigenvalue weighted by atomic mass is 79.9. The van der Waals surface area contributed by atoms with Crippen molar-refractivity contribution in [2.24, 2.45) is 23.7 Å². The maximum absolute atomic E-state index is 12.4. The Morgan fingerprint density at radius 2 is 1.90 bits per heavy atom. The maximum Gasteiger partial charge on any atom is 0.307 e. The van der Waals surface area contributed by atoms with Gasteiger partial charge in [-0.3, -0.25) is 9.59 Å². The summed E-state index contributed by atoms with van der Waals surface area (Å²) in [7, 11) is 0. The summed E-state index contributed by atoms with van der Waals surface area (Å²) in [5, 5.41) is 12.2. The zero-order valence-corrected chi connectivity index (χ0v) is 12.2. The molecule has 0 spiro atoms. The molecule has 1 aromatic carbocycles. The highest BCUT2D eigenvalue weighted by Crippen LogP contribution is 2.48. The molecular formula is C15H14BrNO3. The first-order chi connectivity index (χ1) is 9.56. The third-order valence-corrected chi connectivity index (χ3v) is 4.63. The van der Waals surface area contributed by atoms with E-state index in [2.05, 4.69) is 21.2 Å². The second-order valence-corrected chi connectivity index (χ2v) is 6.25. The van der Waals surface area contributed by atoms with Gasteiger partial charge in [-0.2, -0.15) is 0 Å². The number of hydrogen-bond donors (Lipinski definition) is 2. The minimum absolute atomic E-state index is 0.00393. The number of carbonyl (C=O) groups excluding carboxylic acids is 1. The fourth-order valence-corrected chi connectivity index (χ4v) is 3.71. The lowest BCUT2D eigenvalue weighted by Gasteiger charge is -2.23. The number of fused-ring (bicyclic) bond motifs is 2. The smallest absolute Gasteiger partial charge is 0.307 e. The normalized spacial score (nSPS) is 30.4. The molecule has 4 nitrogen and oxygen atoms in total. The number of hydrogen-bond acceptors (Lipinski definition) is 2. The Labute approximate surface area is 125 Å². The van der Waals surface area contributed by atoms with Gasteiger partial charge in [0.2, 0.25) is 5.91 Å². The van der Waals surface area contributed by atoms with Crippen molar-refractivity contribution in [2.45, 2.75) is 6.42 Å². The van der Waals surface area contributed by atoms with E-state index in [1.54, 1.807) is 12.1 Å². The van der Waals surface area contributed by atoms with Gasteiger partial charge in [0.1, 0.15) is 0 Å². The number of carbonyl (C=O) groups is 2. The highest BCUT2D eigenvalue weighted by molar-refractivity contribution is 9.10. The number of benzene rings is 1. The molecule has 3 rings (SSSR count). The van der Waals surface area contributed by atoms with Crippen LogP contribution in [0.3, 0.4) is 0 Å². The van der Waals surface area contributed by atoms with Crippen LogP contribution in [-0.2, 0) is 9.59 Å². The van der Waals surface area contributed by atoms with E-state index in [1.165, 1.54) is 0 Å². The van der Waals surface area contributed by atoms with Gasteiger partial charge in [0.05, 0.1) is 11.8 Å². The molecule has 2 N–H and O–H groups in total. The fraction of sp³-hybridized carbons (Fsp3) is 0.333. The topological polar surface area (TPSA) is 66.4 Å². The van der Waals surface area contributed by atoms with Gasteiger partial charge in [-0.1, -0.05) is 34.1 Å². The van der Waals surface area contributed by atoms with Crippen molar-refractivity contribution >= 4 is 33.5 Å². The van der Waals surface area contributed by atoms with Crippen LogP contribution in [0.4, 0.5) is 5.69 Å². The van der Waals surface area contributed by atoms with Crippen molar-refractivity contribution in [2.75, 3.05) is 5.32 Å². The molecule has 0 radical (unpaired) electrons. The fourth-order valence-electron chi connectivity index (χ4n) is 3.31. The first-order valence-corrected chi connectivity index (χ1v) is 7.33. The summed E-state index contributed by atoms with van der Waals surface area (Å²) < 4.78 is 0.873. The molecule has 0 unspecified atom stereocenters. The third kappa shape index (κ3) is 2.26. The lowest BCUT2D eigenvalue weighted by atomic mass is 9.82. The first kappa shape index (κ1) is 13.4. The molecule has 0 saturated heterocycles. The zero-order valence-electron chi connectivity index (χ0n) is 10.6. The molecule has 0 aromatic heterocycles. The summed E-state index contributed by atoms with van der Waals surface area (Å²) in [6, 6.07) is 7.29. The largest absolute Gasteiger partial charge is 0.481 e. The van der Waals surface area contributed by atoms with E-state index in [9.17, 15) is 14.7 Å². The van der Waals surface area contributed by atoms with Crippen LogP contribution in [0.2, 0.25) is 0 Å². The van der Waals surface area contributed by atoms with Crippen LogP contribution in [0.1, 0.15) is 6.42 Å². The minimum Gasteiger partial charge on any atom is -0.481 e. The van der Waals surface area contributed by atoms with Crippen LogP contribution in [-0.4, -0.2) is 17.0 Å². The van der Waals surface area contributed by atoms with Gasteiger partial charge in [-0.15, -0.1) is 0 Å². The Kier molecular flexibility index (Phi) is 3.38. The van der Waals surface area contributed by atoms with Crippen molar-refractivity contribution in [1.29, 1.82) is 0 Å². The van der Waals surface area contributed by atoms with Crippen LogP contribution < -0.4 is 5.32 Å². The number of carboxylic acid groups (broad SMARTS) is 1. The molecule has 5 heteroatoms. The molecule has 2 aliphatic carbocycles. The molecule has 2 aliphatic rings. The SMILES string of the molecule is O=C(Nc1cccc(Br)c1)[C@@H]1[C@H](C(=O)O)[C@H]2C=C[C@H]1C2. The van der Waals surface area contributed by atoms with E-state index in [-0.39, 0.29) is 17.7 Å². The molecule has 1 fully saturated rings. The van der Waals surface area contributed by atoms with Crippen LogP contribution in [0.15, 0.2) is 40.9 Å². The predicted octanol–water partition coefficient (Wildman–Crippen LogP) is 2.91. The highest BCUT2D eigenvalue weighted by Gasteiger charge is 2.51. The van der Waals surface area contributed by atoms with Crippen molar-refractivity contribution in [1.82, 2.24) is 0 Å². The van der Waals surface area contributed by atoms with Gasteiger partial charge in [-0.05, 0) is 36.5 Å². The number of aliphatic carboxylic acids is 1. The standard InChI is InChI=1S/C15H14BrNO3/c16-10-2-1-3-11(7-10)17-14(18)12-8-4-5-9(6-8)13(12)15(19)20/h1-5,7-9,12-13H,6H2,(H,17,18)(H,19,20)/t8-,9-,12-,13+/m0/s1. The van der Waals surface area contributed by atoms with Crippen LogP contribution in [0.5, 0.6) is 0 Å². The van der Waals surface area contributed by atoms with E-state index in [0.717, 1.165) is 10.9 Å². The second kappa shape index (κ2) is 5.05. The van der Waals surface area contributed by atoms with E-state index < -0.39 is 17.8 Å². The predicted molar refractivity (Wildman–Crippen MR) is 78.1 cm³/mol. The number of halogens is 1. The Morgan fingerprint density at radius 1 is 1.20 bits per heavy atom. The molecule has 4 atom stereocenters. The van der Waals surface area contributed by atoms with Crippen molar-refractivity contribution in [3.8, 4) is 0 Å². The Hall–Kier alpha value is -1.62. The number of amides is 1. The average Bonchev–Trinajstić information content (AvgIpc) is 2.98. The lowest BCUT2D eigenvalue weighted by Crippen LogP contribution is -2.36. The molecule has 2 bridgehead atoms. The summed E-state index contributed by atoms with van der Waals surface area (Å²) in [5.41, 5.74) is 0.681. The van der Waals surface area contributed by atoms with Gasteiger partial charge in [0.25, 0.3) is 0 Å². The molecule has 20 heavy (non-hydrogen) atoms. The molecule has 0 heterocycles. The quantitative estimate of drug-likeness (QED) is 0.834. The summed E-state index contributed by atoms with van der Waals surface area (Å²) in [6.45, 7) is 0. The zero-order chi connectivity index (χ0) is 14.3. The number of rotatable bonds is 3. The molecular weight excluding hydrogens is 322 g/mol. The van der Waals surface area contributed by atoms with Gasteiger partial charge >= 0.3 is 5.97 Å². The van der Waals surface area contributed by atoms with Crippen LogP contribution >= 0.6 is 15.9 Å². The van der Waals surface area contributed by atoms with Crippen molar-refractivity contribution < 1.29 is 14.7 Å². The maximum atomic E-state index is 12.4. The lowest BCUT2D eigenvalue weighted by molar-refractivity contribution is -0.146. The number of anilines is 1. The Morgan fingerprint density at radius 3 is 2.55 bits per heavy atom. The second-order valence-electron chi connectivity index (χ2n) is 5.34. The van der Waals surface area contributed by atoms with Gasteiger partial charge in [0.15, 0.2) is 0 Å². The molecule has 1 saturated carbocycles. The van der Waals surface area contributed by atoms with Gasteiger partial charge < -0.3 is 10.4 Å². The summed E-state index contributed by atoms with van der Waals surface area (Å²) in [4.78, 5) is 23.8. The third-order valence-electron chi connectivity index (χ3n) is 4.14. The number of allylic oxidation sites excluding steroid dienone is 2. The first-order valence-electron chi connectivity index (χ1n) is 6.54. The van der Waals surface area contributed by atoms with E-state index >= 15 is 0 Å². The molecule has 104 valence electrons. The monoisotopic (exact) mass is 335 g/mol. The summed E-state index contributed by atoms with van der Waals surface area (Å²) >= 11 is 3.35. The average molecular weight is 336 g/mol. The van der Waals surface area contributed by atoms with E-state index in [1.807, 2.05) is 24.3 Å². The number of carboxylic acids is 1. The van der Waals surface area contributed by atoms with Crippen molar-refractivity contribution in [3.63, 3.8) is 0 Å². The van der Waals surface area contributed by atoms with Crippen LogP contribution in [0.25, 0.3) is 0 Å². The van der Waals surface area contributed by atoms with E-state index in [4.69, 9.17) is 0 Å². The summed E-state index contributed by atoms with van der Waals surface area (Å²) in [6.07, 6.45) is 4.69. The molecule has 1 aromatic rings. The van der Waals surface area contributed by atoms with Gasteiger partial charge in [0, 0.05) is 10.2 Å². The summed E-state index contributed by atoms with van der Waals surface area (Å²) in [5.74, 6) is -2.11. The van der Waals surface area contributed by atoms with E-state index in [0.29, 0.717) is 5.69 Å². The Balaban J connectivity index is 1.80. The Bertz CT molecular complexity index is 599. The number of nitrogens with one attached hydrogen (secondary N) is 1.